The van der Waals surface area contributed by atoms with E-state index in [1.54, 1.807) is 12.4 Å². The van der Waals surface area contributed by atoms with Crippen LogP contribution in [0.15, 0.2) is 23.8 Å². The zero-order valence-corrected chi connectivity index (χ0v) is 6.18. The van der Waals surface area contributed by atoms with Gasteiger partial charge in [0.1, 0.15) is 6.33 Å². The molecule has 1 aromatic heterocycles. The Balaban J connectivity index is 2.61. The van der Waals surface area contributed by atoms with Gasteiger partial charge in [0.05, 0.1) is 12.1 Å². The fourth-order valence-corrected chi connectivity index (χ4v) is 0.572. The summed E-state index contributed by atoms with van der Waals surface area (Å²) in [5.74, 6) is 5.39. The second-order valence-corrected chi connectivity index (χ2v) is 1.82. The lowest BCUT2D eigenvalue weighted by Gasteiger charge is -1.83. The summed E-state index contributed by atoms with van der Waals surface area (Å²) in [7, 11) is 0. The van der Waals surface area contributed by atoms with Crippen LogP contribution in [0.2, 0.25) is 0 Å². The predicted molar refractivity (Wildman–Crippen MR) is 42.9 cm³/mol. The Morgan fingerprint density at radius 2 is 2.25 bits per heavy atom. The van der Waals surface area contributed by atoms with E-state index in [4.69, 9.17) is 5.53 Å². The van der Waals surface area contributed by atoms with Crippen molar-refractivity contribution in [2.45, 2.75) is 0 Å². The molecule has 0 aliphatic rings. The molecule has 0 radical (unpaired) electrons. The maximum atomic E-state index is 7.93. The number of nitrogens with zero attached hydrogens (tertiary/aromatic N) is 5. The first-order valence-electron chi connectivity index (χ1n) is 3.18. The Morgan fingerprint density at radius 3 is 2.92 bits per heavy atom. The van der Waals surface area contributed by atoms with Crippen molar-refractivity contribution in [1.82, 2.24) is 9.97 Å². The fraction of sp³-hybridized carbons (Fsp3) is 0.143. The van der Waals surface area contributed by atoms with E-state index in [0.717, 1.165) is 0 Å². The summed E-state index contributed by atoms with van der Waals surface area (Å²) in [4.78, 5) is 10.1. The highest BCUT2D eigenvalue weighted by molar-refractivity contribution is 5.29. The van der Waals surface area contributed by atoms with E-state index >= 15 is 0 Å². The molecule has 0 fully saturated rings. The zero-order chi connectivity index (χ0) is 8.65. The van der Waals surface area contributed by atoms with Gasteiger partial charge in [-0.25, -0.2) is 9.97 Å². The molecule has 0 aliphatic heterocycles. The molecule has 0 amide bonds. The smallest absolute Gasteiger partial charge is 0.115 e. The quantitative estimate of drug-likeness (QED) is 0.266. The Bertz CT molecular complexity index is 341. The van der Waals surface area contributed by atoms with Gasteiger partial charge in [0.25, 0.3) is 0 Å². The van der Waals surface area contributed by atoms with Crippen molar-refractivity contribution in [1.29, 1.82) is 0 Å². The summed E-state index contributed by atoms with van der Waals surface area (Å²) in [6.45, 7) is 0.172. The number of hydrogen-bond acceptors (Lipinski definition) is 3. The lowest BCUT2D eigenvalue weighted by atomic mass is 10.3. The van der Waals surface area contributed by atoms with Gasteiger partial charge in [-0.05, 0) is 5.53 Å². The average molecular weight is 159 g/mol. The molecule has 0 aromatic carbocycles. The number of azide groups is 1. The molecule has 0 unspecified atom stereocenters. The highest BCUT2D eigenvalue weighted by atomic mass is 15.1. The van der Waals surface area contributed by atoms with Crippen LogP contribution >= 0.6 is 0 Å². The molecule has 0 N–H and O–H groups in total. The Hall–Kier alpha value is -2.05. The third-order valence-corrected chi connectivity index (χ3v) is 1.01. The number of rotatable bonds is 1. The van der Waals surface area contributed by atoms with E-state index < -0.39 is 0 Å². The number of aromatic nitrogens is 2. The van der Waals surface area contributed by atoms with E-state index in [1.807, 2.05) is 0 Å². The molecule has 1 rings (SSSR count). The minimum absolute atomic E-state index is 0.172. The maximum absolute atomic E-state index is 7.93. The third kappa shape index (κ3) is 2.69. The van der Waals surface area contributed by atoms with Gasteiger partial charge in [0.2, 0.25) is 0 Å². The first kappa shape index (κ1) is 8.05. The minimum atomic E-state index is 0.172. The summed E-state index contributed by atoms with van der Waals surface area (Å²) in [5, 5.41) is 3.25. The van der Waals surface area contributed by atoms with E-state index in [-0.39, 0.29) is 6.54 Å². The zero-order valence-electron chi connectivity index (χ0n) is 6.18. The molecular formula is C7H5N5. The molecule has 0 atom stereocenters. The summed E-state index contributed by atoms with van der Waals surface area (Å²) in [6.07, 6.45) is 4.62. The first-order valence-corrected chi connectivity index (χ1v) is 3.18. The Morgan fingerprint density at radius 1 is 1.50 bits per heavy atom. The van der Waals surface area contributed by atoms with Crippen molar-refractivity contribution in [2.24, 2.45) is 5.11 Å². The molecule has 12 heavy (non-hydrogen) atoms. The summed E-state index contributed by atoms with van der Waals surface area (Å²) >= 11 is 0. The molecule has 5 nitrogen and oxygen atoms in total. The van der Waals surface area contributed by atoms with Gasteiger partial charge in [-0.2, -0.15) is 0 Å². The van der Waals surface area contributed by atoms with Crippen LogP contribution < -0.4 is 0 Å². The van der Waals surface area contributed by atoms with Gasteiger partial charge >= 0.3 is 0 Å². The molecule has 0 saturated carbocycles. The second-order valence-electron chi connectivity index (χ2n) is 1.82. The van der Waals surface area contributed by atoms with Crippen LogP contribution in [0.1, 0.15) is 5.56 Å². The second kappa shape index (κ2) is 4.72. The van der Waals surface area contributed by atoms with Crippen molar-refractivity contribution in [3.63, 3.8) is 0 Å². The van der Waals surface area contributed by atoms with Crippen LogP contribution in [0.3, 0.4) is 0 Å². The van der Waals surface area contributed by atoms with Crippen LogP contribution in [0, 0.1) is 11.8 Å². The van der Waals surface area contributed by atoms with E-state index in [0.29, 0.717) is 5.56 Å². The normalized spacial score (nSPS) is 7.67. The molecular weight excluding hydrogens is 154 g/mol. The van der Waals surface area contributed by atoms with Crippen LogP contribution in [0.25, 0.3) is 10.4 Å². The lowest BCUT2D eigenvalue weighted by molar-refractivity contribution is 1.15. The van der Waals surface area contributed by atoms with E-state index in [2.05, 4.69) is 31.8 Å². The largest absolute Gasteiger partial charge is 0.244 e. The van der Waals surface area contributed by atoms with Crippen LogP contribution in [0.4, 0.5) is 0 Å². The molecule has 0 aliphatic carbocycles. The van der Waals surface area contributed by atoms with E-state index in [9.17, 15) is 0 Å². The summed E-state index contributed by atoms with van der Waals surface area (Å²) in [6, 6.07) is 0. The average Bonchev–Trinajstić information content (AvgIpc) is 2.14. The molecule has 0 bridgehead atoms. The first-order chi connectivity index (χ1) is 5.93. The molecule has 58 valence electrons. The van der Waals surface area contributed by atoms with Crippen molar-refractivity contribution < 1.29 is 0 Å². The van der Waals surface area contributed by atoms with Crippen molar-refractivity contribution in [2.75, 3.05) is 6.54 Å². The molecule has 1 heterocycles. The highest BCUT2D eigenvalue weighted by Gasteiger charge is 1.81. The van der Waals surface area contributed by atoms with Crippen molar-refractivity contribution in [3.8, 4) is 11.8 Å². The van der Waals surface area contributed by atoms with Crippen LogP contribution in [-0.2, 0) is 0 Å². The topological polar surface area (TPSA) is 74.5 Å². The maximum Gasteiger partial charge on any atom is 0.115 e. The predicted octanol–water partition coefficient (Wildman–Crippen LogP) is 1.14. The number of hydrogen-bond donors (Lipinski definition) is 0. The van der Waals surface area contributed by atoms with Gasteiger partial charge in [-0.15, -0.1) is 0 Å². The lowest BCUT2D eigenvalue weighted by Crippen LogP contribution is -1.79. The fourth-order valence-electron chi connectivity index (χ4n) is 0.572. The van der Waals surface area contributed by atoms with Gasteiger partial charge < -0.3 is 0 Å². The molecule has 0 spiro atoms. The van der Waals surface area contributed by atoms with Crippen LogP contribution in [0.5, 0.6) is 0 Å². The SMILES string of the molecule is [N-]=[N+]=NCC#Cc1cncnc1. The highest BCUT2D eigenvalue weighted by Crippen LogP contribution is 1.87. The Labute approximate surface area is 69.1 Å². The van der Waals surface area contributed by atoms with Crippen molar-refractivity contribution in [3.05, 3.63) is 34.7 Å². The van der Waals surface area contributed by atoms with Crippen LogP contribution in [-0.4, -0.2) is 16.5 Å². The molecule has 0 saturated heterocycles. The standard InChI is InChI=1S/C7H5N5/c8-12-11-3-1-2-7-4-9-6-10-5-7/h4-6H,3H2. The van der Waals surface area contributed by atoms with Gasteiger partial charge in [0, 0.05) is 17.3 Å². The minimum Gasteiger partial charge on any atom is -0.244 e. The van der Waals surface area contributed by atoms with Crippen molar-refractivity contribution >= 4 is 0 Å². The summed E-state index contributed by atoms with van der Waals surface area (Å²) < 4.78 is 0. The Kier molecular flexibility index (Phi) is 3.16. The van der Waals surface area contributed by atoms with E-state index in [1.165, 1.54) is 6.33 Å². The summed E-state index contributed by atoms with van der Waals surface area (Å²) in [5.41, 5.74) is 8.64. The monoisotopic (exact) mass is 159 g/mol. The third-order valence-electron chi connectivity index (χ3n) is 1.01. The molecule has 5 heteroatoms. The van der Waals surface area contributed by atoms with Gasteiger partial charge in [-0.3, -0.25) is 0 Å². The van der Waals surface area contributed by atoms with Gasteiger partial charge in [0.15, 0.2) is 0 Å². The van der Waals surface area contributed by atoms with Gasteiger partial charge in [-0.1, -0.05) is 17.0 Å². The molecule has 1 aromatic rings.